The van der Waals surface area contributed by atoms with Gasteiger partial charge < -0.3 is 45.4 Å². The SMILES string of the molecule is CCCCCCCCCCCCCCCCC(O)C(=O)NC(COC1OC(CO)C(O)C(O)C1O)C(O)CCCCCCCCCCCCCCC. The topological polar surface area (TPSA) is 169 Å². The average molecular weight is 746 g/mol. The van der Waals surface area contributed by atoms with E-state index in [0.717, 1.165) is 44.9 Å². The van der Waals surface area contributed by atoms with Crippen LogP contribution in [-0.2, 0) is 14.3 Å². The zero-order chi connectivity index (χ0) is 38.2. The molecular formula is C42H83NO9. The minimum atomic E-state index is -1.59. The van der Waals surface area contributed by atoms with Gasteiger partial charge in [0.15, 0.2) is 6.29 Å². The number of nitrogens with one attached hydrogen (secondary N) is 1. The molecule has 1 heterocycles. The number of rotatable bonds is 36. The van der Waals surface area contributed by atoms with Crippen LogP contribution in [0.15, 0.2) is 0 Å². The van der Waals surface area contributed by atoms with Crippen molar-refractivity contribution in [2.45, 2.75) is 249 Å². The number of carbonyl (C=O) groups excluding carboxylic acids is 1. The van der Waals surface area contributed by atoms with Gasteiger partial charge in [-0.05, 0) is 12.8 Å². The summed E-state index contributed by atoms with van der Waals surface area (Å²) in [5.74, 6) is -0.582. The van der Waals surface area contributed by atoms with Gasteiger partial charge >= 0.3 is 0 Å². The molecule has 0 saturated carbocycles. The largest absolute Gasteiger partial charge is 0.394 e. The molecule has 1 aliphatic rings. The molecule has 0 aliphatic carbocycles. The molecule has 310 valence electrons. The zero-order valence-electron chi connectivity index (χ0n) is 33.4. The van der Waals surface area contributed by atoms with Crippen LogP contribution in [0.4, 0.5) is 0 Å². The van der Waals surface area contributed by atoms with E-state index in [1.54, 1.807) is 0 Å². The molecule has 0 spiro atoms. The smallest absolute Gasteiger partial charge is 0.249 e. The van der Waals surface area contributed by atoms with E-state index in [2.05, 4.69) is 19.2 Å². The lowest BCUT2D eigenvalue weighted by molar-refractivity contribution is -0.302. The second-order valence-corrected chi connectivity index (χ2v) is 15.6. The van der Waals surface area contributed by atoms with Crippen molar-refractivity contribution in [2.75, 3.05) is 13.2 Å². The van der Waals surface area contributed by atoms with E-state index in [0.29, 0.717) is 12.8 Å². The van der Waals surface area contributed by atoms with Crippen LogP contribution < -0.4 is 5.32 Å². The van der Waals surface area contributed by atoms with Crippen LogP contribution in [0.5, 0.6) is 0 Å². The summed E-state index contributed by atoms with van der Waals surface area (Å²) >= 11 is 0. The molecule has 1 aliphatic heterocycles. The van der Waals surface area contributed by atoms with Crippen LogP contribution in [0.2, 0.25) is 0 Å². The lowest BCUT2D eigenvalue weighted by atomic mass is 9.99. The normalized spacial score (nSPS) is 22.3. The lowest BCUT2D eigenvalue weighted by Gasteiger charge is -2.40. The molecule has 10 heteroatoms. The number of carbonyl (C=O) groups is 1. The molecule has 1 fully saturated rings. The van der Waals surface area contributed by atoms with E-state index in [1.165, 1.54) is 128 Å². The van der Waals surface area contributed by atoms with Crippen molar-refractivity contribution in [1.82, 2.24) is 5.32 Å². The number of hydrogen-bond acceptors (Lipinski definition) is 9. The number of amides is 1. The van der Waals surface area contributed by atoms with Crippen LogP contribution in [-0.4, -0.2) is 98.7 Å². The Labute approximate surface area is 317 Å². The van der Waals surface area contributed by atoms with Crippen molar-refractivity contribution >= 4 is 5.91 Å². The third kappa shape index (κ3) is 23.8. The van der Waals surface area contributed by atoms with Crippen molar-refractivity contribution in [2.24, 2.45) is 0 Å². The van der Waals surface area contributed by atoms with Gasteiger partial charge in [0.2, 0.25) is 5.91 Å². The highest BCUT2D eigenvalue weighted by atomic mass is 16.7. The zero-order valence-corrected chi connectivity index (χ0v) is 33.4. The average Bonchev–Trinajstić information content (AvgIpc) is 3.14. The molecule has 0 aromatic rings. The van der Waals surface area contributed by atoms with Crippen LogP contribution in [0.25, 0.3) is 0 Å². The Morgan fingerprint density at radius 1 is 0.577 bits per heavy atom. The standard InChI is InChI=1S/C42H83NO9/c1-3-5-7-9-11-13-15-17-19-21-23-25-27-29-31-36(46)41(50)43-34(33-51-42-40(49)39(48)38(47)37(32-44)52-42)35(45)30-28-26-24-22-20-18-16-14-12-10-8-6-4-2/h34-40,42,44-49H,3-33H2,1-2H3,(H,43,50). The first-order valence-electron chi connectivity index (χ1n) is 21.8. The van der Waals surface area contributed by atoms with Gasteiger partial charge in [-0.1, -0.05) is 187 Å². The number of unbranched alkanes of at least 4 members (excludes halogenated alkanes) is 25. The Bertz CT molecular complexity index is 803. The summed E-state index contributed by atoms with van der Waals surface area (Å²) in [6.07, 6.45) is 24.3. The van der Waals surface area contributed by atoms with Gasteiger partial charge in [0.25, 0.3) is 0 Å². The summed E-state index contributed by atoms with van der Waals surface area (Å²) in [4.78, 5) is 13.0. The van der Waals surface area contributed by atoms with Gasteiger partial charge in [0, 0.05) is 0 Å². The second-order valence-electron chi connectivity index (χ2n) is 15.6. The molecule has 7 N–H and O–H groups in total. The molecule has 0 aromatic heterocycles. The highest BCUT2D eigenvalue weighted by molar-refractivity contribution is 5.80. The summed E-state index contributed by atoms with van der Waals surface area (Å²) in [5.41, 5.74) is 0. The molecule has 8 atom stereocenters. The Balaban J connectivity index is 2.42. The van der Waals surface area contributed by atoms with E-state index in [4.69, 9.17) is 9.47 Å². The Morgan fingerprint density at radius 2 is 0.962 bits per heavy atom. The molecule has 0 bridgehead atoms. The van der Waals surface area contributed by atoms with Crippen molar-refractivity contribution in [3.05, 3.63) is 0 Å². The predicted molar refractivity (Wildman–Crippen MR) is 209 cm³/mol. The van der Waals surface area contributed by atoms with E-state index in [1.807, 2.05) is 0 Å². The highest BCUT2D eigenvalue weighted by Crippen LogP contribution is 2.23. The number of ether oxygens (including phenoxy) is 2. The van der Waals surface area contributed by atoms with E-state index < -0.39 is 61.5 Å². The van der Waals surface area contributed by atoms with Gasteiger partial charge in [-0.2, -0.15) is 0 Å². The fraction of sp³-hybridized carbons (Fsp3) is 0.976. The molecule has 10 nitrogen and oxygen atoms in total. The first-order chi connectivity index (χ1) is 25.3. The first-order valence-corrected chi connectivity index (χ1v) is 21.8. The summed E-state index contributed by atoms with van der Waals surface area (Å²) in [6, 6.07) is -0.886. The summed E-state index contributed by atoms with van der Waals surface area (Å²) in [7, 11) is 0. The van der Waals surface area contributed by atoms with Crippen molar-refractivity contribution in [3.8, 4) is 0 Å². The molecule has 1 saturated heterocycles. The van der Waals surface area contributed by atoms with Crippen molar-refractivity contribution < 1.29 is 44.9 Å². The van der Waals surface area contributed by atoms with E-state index >= 15 is 0 Å². The molecule has 8 unspecified atom stereocenters. The summed E-state index contributed by atoms with van der Waals surface area (Å²) in [5, 5.41) is 64.7. The van der Waals surface area contributed by atoms with Crippen molar-refractivity contribution in [1.29, 1.82) is 0 Å². The Hall–Kier alpha value is -0.850. The number of aliphatic hydroxyl groups excluding tert-OH is 6. The van der Waals surface area contributed by atoms with Crippen molar-refractivity contribution in [3.63, 3.8) is 0 Å². The fourth-order valence-electron chi connectivity index (χ4n) is 7.17. The van der Waals surface area contributed by atoms with Crippen LogP contribution in [0, 0.1) is 0 Å². The third-order valence-electron chi connectivity index (χ3n) is 10.8. The maximum atomic E-state index is 13.0. The molecule has 0 aromatic carbocycles. The molecule has 0 radical (unpaired) electrons. The third-order valence-corrected chi connectivity index (χ3v) is 10.8. The second kappa shape index (κ2) is 33.5. The Kier molecular flexibility index (Phi) is 31.7. The van der Waals surface area contributed by atoms with Gasteiger partial charge in [0.1, 0.15) is 30.5 Å². The molecular weight excluding hydrogens is 662 g/mol. The Morgan fingerprint density at radius 3 is 1.37 bits per heavy atom. The van der Waals surface area contributed by atoms with Crippen LogP contribution in [0.3, 0.4) is 0 Å². The van der Waals surface area contributed by atoms with E-state index in [9.17, 15) is 35.4 Å². The van der Waals surface area contributed by atoms with Gasteiger partial charge in [0.05, 0.1) is 25.4 Å². The minimum Gasteiger partial charge on any atom is -0.394 e. The first kappa shape index (κ1) is 49.2. The number of hydrogen-bond donors (Lipinski definition) is 7. The highest BCUT2D eigenvalue weighted by Gasteiger charge is 2.44. The quantitative estimate of drug-likeness (QED) is 0.0324. The van der Waals surface area contributed by atoms with Crippen LogP contribution in [0.1, 0.15) is 200 Å². The maximum Gasteiger partial charge on any atom is 0.249 e. The van der Waals surface area contributed by atoms with Gasteiger partial charge in [-0.3, -0.25) is 4.79 Å². The van der Waals surface area contributed by atoms with Gasteiger partial charge in [-0.15, -0.1) is 0 Å². The fourth-order valence-corrected chi connectivity index (χ4v) is 7.17. The summed E-state index contributed by atoms with van der Waals surface area (Å²) < 4.78 is 11.2. The lowest BCUT2D eigenvalue weighted by Crippen LogP contribution is -2.60. The minimum absolute atomic E-state index is 0.250. The van der Waals surface area contributed by atoms with Crippen LogP contribution >= 0.6 is 0 Å². The number of aliphatic hydroxyl groups is 6. The molecule has 1 rings (SSSR count). The van der Waals surface area contributed by atoms with E-state index in [-0.39, 0.29) is 6.61 Å². The molecule has 1 amide bonds. The summed E-state index contributed by atoms with van der Waals surface area (Å²) in [6.45, 7) is 3.66. The van der Waals surface area contributed by atoms with Gasteiger partial charge in [-0.25, -0.2) is 0 Å². The predicted octanol–water partition coefficient (Wildman–Crippen LogP) is 7.36. The maximum absolute atomic E-state index is 13.0. The molecule has 52 heavy (non-hydrogen) atoms. The monoisotopic (exact) mass is 746 g/mol.